The van der Waals surface area contributed by atoms with Gasteiger partial charge in [-0.1, -0.05) is 42.5 Å². The Balaban J connectivity index is 1.83. The summed E-state index contributed by atoms with van der Waals surface area (Å²) in [5.41, 5.74) is 1.80. The first-order valence-corrected chi connectivity index (χ1v) is 8.23. The molecule has 130 valence electrons. The summed E-state index contributed by atoms with van der Waals surface area (Å²) in [6.07, 6.45) is 0.207. The van der Waals surface area contributed by atoms with Crippen LogP contribution in [0.3, 0.4) is 0 Å². The molecule has 0 aromatic heterocycles. The highest BCUT2D eigenvalue weighted by Crippen LogP contribution is 2.35. The van der Waals surface area contributed by atoms with Gasteiger partial charge in [0.05, 0.1) is 13.0 Å². The molecule has 0 unspecified atom stereocenters. The van der Waals surface area contributed by atoms with Crippen molar-refractivity contribution in [3.05, 3.63) is 71.5 Å². The van der Waals surface area contributed by atoms with Crippen molar-refractivity contribution in [2.75, 3.05) is 13.7 Å². The number of carbonyl (C=O) groups excluding carboxylic acids is 2. The van der Waals surface area contributed by atoms with E-state index in [2.05, 4.69) is 0 Å². The van der Waals surface area contributed by atoms with Gasteiger partial charge in [-0.25, -0.2) is 4.39 Å². The summed E-state index contributed by atoms with van der Waals surface area (Å²) >= 11 is 0. The highest BCUT2D eigenvalue weighted by atomic mass is 19.1. The van der Waals surface area contributed by atoms with E-state index in [0.29, 0.717) is 13.1 Å². The topological polar surface area (TPSA) is 46.6 Å². The van der Waals surface area contributed by atoms with E-state index in [1.165, 1.54) is 19.2 Å². The fourth-order valence-corrected chi connectivity index (χ4v) is 3.33. The SMILES string of the molecule is COC(=O)[C@@H]1CN(Cc2ccccc2)C(=O)C[C@H]1c1ccc(F)cc1. The third-order valence-electron chi connectivity index (χ3n) is 4.67. The van der Waals surface area contributed by atoms with E-state index in [1.807, 2.05) is 30.3 Å². The van der Waals surface area contributed by atoms with Gasteiger partial charge >= 0.3 is 5.97 Å². The lowest BCUT2D eigenvalue weighted by atomic mass is 9.80. The fourth-order valence-electron chi connectivity index (χ4n) is 3.33. The molecule has 2 aromatic carbocycles. The lowest BCUT2D eigenvalue weighted by Gasteiger charge is -2.37. The van der Waals surface area contributed by atoms with Gasteiger partial charge in [0, 0.05) is 25.4 Å². The van der Waals surface area contributed by atoms with Gasteiger partial charge in [-0.3, -0.25) is 9.59 Å². The van der Waals surface area contributed by atoms with Crippen LogP contribution < -0.4 is 0 Å². The van der Waals surface area contributed by atoms with E-state index in [1.54, 1.807) is 17.0 Å². The van der Waals surface area contributed by atoms with Crippen LogP contribution in [0.1, 0.15) is 23.5 Å². The number of hydrogen-bond donors (Lipinski definition) is 0. The molecule has 1 fully saturated rings. The van der Waals surface area contributed by atoms with E-state index in [9.17, 15) is 14.0 Å². The van der Waals surface area contributed by atoms with E-state index in [-0.39, 0.29) is 30.0 Å². The molecule has 0 bridgehead atoms. The smallest absolute Gasteiger partial charge is 0.311 e. The second kappa shape index (κ2) is 7.47. The third kappa shape index (κ3) is 3.87. The number of halogens is 1. The third-order valence-corrected chi connectivity index (χ3v) is 4.67. The van der Waals surface area contributed by atoms with Crippen LogP contribution in [-0.4, -0.2) is 30.4 Å². The molecular formula is C20H20FNO3. The molecule has 1 aliphatic rings. The Morgan fingerprint density at radius 1 is 1.16 bits per heavy atom. The van der Waals surface area contributed by atoms with Gasteiger partial charge in [0.2, 0.25) is 5.91 Å². The summed E-state index contributed by atoms with van der Waals surface area (Å²) in [6, 6.07) is 15.6. The maximum Gasteiger partial charge on any atom is 0.311 e. The van der Waals surface area contributed by atoms with Crippen molar-refractivity contribution in [1.82, 2.24) is 4.90 Å². The average Bonchev–Trinajstić information content (AvgIpc) is 2.64. The van der Waals surface area contributed by atoms with Crippen molar-refractivity contribution in [2.24, 2.45) is 5.92 Å². The number of likely N-dealkylation sites (tertiary alicyclic amines) is 1. The van der Waals surface area contributed by atoms with Gasteiger partial charge in [0.1, 0.15) is 5.82 Å². The Morgan fingerprint density at radius 2 is 1.84 bits per heavy atom. The van der Waals surface area contributed by atoms with Crippen LogP contribution in [0.25, 0.3) is 0 Å². The van der Waals surface area contributed by atoms with E-state index in [4.69, 9.17) is 4.74 Å². The number of carbonyl (C=O) groups is 2. The van der Waals surface area contributed by atoms with Crippen molar-refractivity contribution >= 4 is 11.9 Å². The molecule has 4 nitrogen and oxygen atoms in total. The number of hydrogen-bond acceptors (Lipinski definition) is 3. The molecule has 0 N–H and O–H groups in total. The molecular weight excluding hydrogens is 321 g/mol. The standard InChI is InChI=1S/C20H20FNO3/c1-25-20(24)18-13-22(12-14-5-3-2-4-6-14)19(23)11-17(18)15-7-9-16(21)10-8-15/h2-10,17-18H,11-13H2,1H3/t17-,18+/m0/s1. The van der Waals surface area contributed by atoms with Crippen LogP contribution in [0.5, 0.6) is 0 Å². The summed E-state index contributed by atoms with van der Waals surface area (Å²) in [5.74, 6) is -1.46. The molecule has 1 amide bonds. The second-order valence-corrected chi connectivity index (χ2v) is 6.25. The summed E-state index contributed by atoms with van der Waals surface area (Å²) in [5, 5.41) is 0. The quantitative estimate of drug-likeness (QED) is 0.803. The van der Waals surface area contributed by atoms with Crippen molar-refractivity contribution < 1.29 is 18.7 Å². The van der Waals surface area contributed by atoms with Crippen molar-refractivity contribution in [3.8, 4) is 0 Å². The highest BCUT2D eigenvalue weighted by molar-refractivity contribution is 5.83. The minimum absolute atomic E-state index is 0.0154. The maximum atomic E-state index is 13.2. The zero-order valence-electron chi connectivity index (χ0n) is 14.0. The summed E-state index contributed by atoms with van der Waals surface area (Å²) in [4.78, 5) is 26.6. The Labute approximate surface area is 146 Å². The first kappa shape index (κ1) is 17.1. The number of benzene rings is 2. The Bertz CT molecular complexity index is 745. The molecule has 0 aliphatic carbocycles. The molecule has 3 rings (SSSR count). The predicted molar refractivity (Wildman–Crippen MR) is 91.1 cm³/mol. The van der Waals surface area contributed by atoms with Crippen LogP contribution in [0.4, 0.5) is 4.39 Å². The largest absolute Gasteiger partial charge is 0.469 e. The van der Waals surface area contributed by atoms with Crippen LogP contribution >= 0.6 is 0 Å². The molecule has 1 heterocycles. The fraction of sp³-hybridized carbons (Fsp3) is 0.300. The maximum absolute atomic E-state index is 13.2. The van der Waals surface area contributed by atoms with Gasteiger partial charge in [0.25, 0.3) is 0 Å². The van der Waals surface area contributed by atoms with Gasteiger partial charge in [-0.2, -0.15) is 0 Å². The molecule has 5 heteroatoms. The Hall–Kier alpha value is -2.69. The summed E-state index contributed by atoms with van der Waals surface area (Å²) in [6.45, 7) is 0.756. The normalized spacial score (nSPS) is 20.4. The first-order valence-electron chi connectivity index (χ1n) is 8.23. The number of piperidine rings is 1. The van der Waals surface area contributed by atoms with Crippen LogP contribution in [0, 0.1) is 11.7 Å². The van der Waals surface area contributed by atoms with Crippen molar-refractivity contribution in [3.63, 3.8) is 0 Å². The zero-order chi connectivity index (χ0) is 17.8. The number of esters is 1. The molecule has 0 radical (unpaired) electrons. The minimum Gasteiger partial charge on any atom is -0.469 e. The van der Waals surface area contributed by atoms with Crippen molar-refractivity contribution in [2.45, 2.75) is 18.9 Å². The lowest BCUT2D eigenvalue weighted by Crippen LogP contribution is -2.46. The van der Waals surface area contributed by atoms with Crippen LogP contribution in [-0.2, 0) is 20.9 Å². The van der Waals surface area contributed by atoms with E-state index < -0.39 is 5.92 Å². The number of rotatable bonds is 4. The lowest BCUT2D eigenvalue weighted by molar-refractivity contribution is -0.151. The molecule has 1 saturated heterocycles. The number of ether oxygens (including phenoxy) is 1. The average molecular weight is 341 g/mol. The number of amides is 1. The van der Waals surface area contributed by atoms with Crippen LogP contribution in [0.2, 0.25) is 0 Å². The predicted octanol–water partition coefficient (Wildman–Crippen LogP) is 3.13. The summed E-state index contributed by atoms with van der Waals surface area (Å²) < 4.78 is 18.1. The highest BCUT2D eigenvalue weighted by Gasteiger charge is 2.39. The summed E-state index contributed by atoms with van der Waals surface area (Å²) in [7, 11) is 1.35. The van der Waals surface area contributed by atoms with Crippen molar-refractivity contribution in [1.29, 1.82) is 0 Å². The van der Waals surface area contributed by atoms with Gasteiger partial charge in [-0.15, -0.1) is 0 Å². The van der Waals surface area contributed by atoms with Crippen LogP contribution in [0.15, 0.2) is 54.6 Å². The number of nitrogens with zero attached hydrogens (tertiary/aromatic N) is 1. The molecule has 1 aliphatic heterocycles. The first-order chi connectivity index (χ1) is 12.1. The Kier molecular flexibility index (Phi) is 5.12. The molecule has 2 atom stereocenters. The zero-order valence-corrected chi connectivity index (χ0v) is 14.0. The number of methoxy groups -OCH3 is 1. The monoisotopic (exact) mass is 341 g/mol. The van der Waals surface area contributed by atoms with Gasteiger partial charge in [0.15, 0.2) is 0 Å². The minimum atomic E-state index is -0.461. The molecule has 0 spiro atoms. The van der Waals surface area contributed by atoms with E-state index in [0.717, 1.165) is 11.1 Å². The second-order valence-electron chi connectivity index (χ2n) is 6.25. The van der Waals surface area contributed by atoms with E-state index >= 15 is 0 Å². The Morgan fingerprint density at radius 3 is 2.48 bits per heavy atom. The molecule has 2 aromatic rings. The molecule has 0 saturated carbocycles. The van der Waals surface area contributed by atoms with Gasteiger partial charge < -0.3 is 9.64 Å². The molecule has 25 heavy (non-hydrogen) atoms. The van der Waals surface area contributed by atoms with Gasteiger partial charge in [-0.05, 0) is 23.3 Å².